The Labute approximate surface area is 167 Å². The van der Waals surface area contributed by atoms with Crippen LogP contribution >= 0.6 is 0 Å². The van der Waals surface area contributed by atoms with E-state index in [0.29, 0.717) is 5.69 Å². The average molecular weight is 411 g/mol. The molecule has 0 bridgehead atoms. The maximum absolute atomic E-state index is 12.7. The summed E-state index contributed by atoms with van der Waals surface area (Å²) in [5.74, 6) is 0.821. The summed E-state index contributed by atoms with van der Waals surface area (Å²) in [6.45, 7) is 3.56. The second kappa shape index (κ2) is 10.0. The number of alkyl halides is 3. The van der Waals surface area contributed by atoms with E-state index < -0.39 is 17.8 Å². The number of anilines is 1. The maximum atomic E-state index is 12.7. The zero-order chi connectivity index (χ0) is 21.4. The molecule has 0 radical (unpaired) electrons. The molecule has 4 N–H and O–H groups in total. The van der Waals surface area contributed by atoms with Gasteiger partial charge < -0.3 is 25.6 Å². The monoisotopic (exact) mass is 411 g/mol. The quantitative estimate of drug-likeness (QED) is 0.456. The van der Waals surface area contributed by atoms with Crippen molar-refractivity contribution < 1.29 is 27.8 Å². The van der Waals surface area contributed by atoms with Crippen LogP contribution in [0.4, 0.5) is 18.9 Å². The van der Waals surface area contributed by atoms with Gasteiger partial charge in [-0.15, -0.1) is 0 Å². The van der Waals surface area contributed by atoms with Crippen LogP contribution in [0.15, 0.2) is 53.5 Å². The Morgan fingerprint density at radius 3 is 2.45 bits per heavy atom. The summed E-state index contributed by atoms with van der Waals surface area (Å²) in [5.41, 5.74) is 5.65. The lowest BCUT2D eigenvalue weighted by Crippen LogP contribution is -2.27. The number of aliphatic hydroxyl groups excluding tert-OH is 1. The van der Waals surface area contributed by atoms with E-state index >= 15 is 0 Å². The Hall–Kier alpha value is -2.94. The number of aliphatic imine (C=N–C) groups is 1. The second-order valence-corrected chi connectivity index (χ2v) is 6.53. The van der Waals surface area contributed by atoms with Crippen molar-refractivity contribution in [2.45, 2.75) is 32.2 Å². The molecule has 158 valence electrons. The minimum absolute atomic E-state index is 0.0117. The van der Waals surface area contributed by atoms with Crippen LogP contribution in [0.25, 0.3) is 0 Å². The van der Waals surface area contributed by atoms with Crippen molar-refractivity contribution in [3.05, 3.63) is 54.1 Å². The summed E-state index contributed by atoms with van der Waals surface area (Å²) < 4.78 is 48.8. The van der Waals surface area contributed by atoms with E-state index in [1.54, 1.807) is 24.3 Å². The highest BCUT2D eigenvalue weighted by molar-refractivity contribution is 5.92. The van der Waals surface area contributed by atoms with Gasteiger partial charge in [0.2, 0.25) is 0 Å². The lowest BCUT2D eigenvalue weighted by Gasteiger charge is -2.13. The van der Waals surface area contributed by atoms with Gasteiger partial charge in [0.25, 0.3) is 0 Å². The van der Waals surface area contributed by atoms with Crippen LogP contribution in [0.3, 0.4) is 0 Å². The first-order chi connectivity index (χ1) is 13.6. The van der Waals surface area contributed by atoms with Crippen LogP contribution in [-0.4, -0.2) is 36.4 Å². The number of nitrogens with zero attached hydrogens (tertiary/aromatic N) is 1. The van der Waals surface area contributed by atoms with Gasteiger partial charge in [-0.3, -0.25) is 4.99 Å². The molecule has 0 aliphatic rings. The maximum Gasteiger partial charge on any atom is 0.416 e. The smallest absolute Gasteiger partial charge is 0.416 e. The largest absolute Gasteiger partial charge is 0.491 e. The fourth-order valence-electron chi connectivity index (χ4n) is 2.29. The lowest BCUT2D eigenvalue weighted by molar-refractivity contribution is -0.137. The van der Waals surface area contributed by atoms with Crippen molar-refractivity contribution in [1.82, 2.24) is 0 Å². The average Bonchev–Trinajstić information content (AvgIpc) is 2.65. The number of nitrogens with one attached hydrogen (secondary N) is 1. The molecule has 2 aromatic rings. The van der Waals surface area contributed by atoms with E-state index in [4.69, 9.17) is 15.2 Å². The highest BCUT2D eigenvalue weighted by Crippen LogP contribution is 2.31. The highest BCUT2D eigenvalue weighted by Gasteiger charge is 2.30. The Balaban J connectivity index is 1.81. The first-order valence-corrected chi connectivity index (χ1v) is 8.95. The fraction of sp³-hybridized carbons (Fsp3) is 0.350. The van der Waals surface area contributed by atoms with Gasteiger partial charge >= 0.3 is 6.18 Å². The van der Waals surface area contributed by atoms with Gasteiger partial charge in [0.1, 0.15) is 24.2 Å². The molecule has 1 atom stereocenters. The number of halogens is 3. The first-order valence-electron chi connectivity index (χ1n) is 8.95. The van der Waals surface area contributed by atoms with Crippen LogP contribution in [0.5, 0.6) is 11.5 Å². The van der Waals surface area contributed by atoms with Crippen molar-refractivity contribution in [2.24, 2.45) is 10.7 Å². The summed E-state index contributed by atoms with van der Waals surface area (Å²) in [5, 5.41) is 12.8. The molecule has 6 nitrogen and oxygen atoms in total. The van der Waals surface area contributed by atoms with E-state index in [0.717, 1.165) is 17.9 Å². The number of aliphatic hydroxyl groups is 1. The zero-order valence-electron chi connectivity index (χ0n) is 16.1. The van der Waals surface area contributed by atoms with Crippen molar-refractivity contribution in [3.63, 3.8) is 0 Å². The summed E-state index contributed by atoms with van der Waals surface area (Å²) in [6, 6.07) is 11.6. The molecule has 0 aliphatic carbocycles. The predicted molar refractivity (Wildman–Crippen MR) is 105 cm³/mol. The van der Waals surface area contributed by atoms with Gasteiger partial charge in [-0.05, 0) is 56.3 Å². The van der Waals surface area contributed by atoms with Crippen molar-refractivity contribution in [2.75, 3.05) is 18.5 Å². The van der Waals surface area contributed by atoms with E-state index in [9.17, 15) is 18.3 Å². The van der Waals surface area contributed by atoms with Gasteiger partial charge in [-0.25, -0.2) is 0 Å². The van der Waals surface area contributed by atoms with Crippen LogP contribution in [0.2, 0.25) is 0 Å². The topological polar surface area (TPSA) is 89.1 Å². The highest BCUT2D eigenvalue weighted by atomic mass is 19.4. The molecule has 0 heterocycles. The zero-order valence-corrected chi connectivity index (χ0v) is 16.1. The first kappa shape index (κ1) is 22.4. The van der Waals surface area contributed by atoms with Crippen LogP contribution in [0, 0.1) is 0 Å². The lowest BCUT2D eigenvalue weighted by atomic mass is 10.2. The van der Waals surface area contributed by atoms with Crippen molar-refractivity contribution in [1.29, 1.82) is 0 Å². The molecule has 0 aliphatic heterocycles. The number of nitrogens with two attached hydrogens (primary N) is 1. The number of benzene rings is 2. The van der Waals surface area contributed by atoms with Gasteiger partial charge in [0, 0.05) is 5.69 Å². The fourth-order valence-corrected chi connectivity index (χ4v) is 2.29. The molecule has 9 heteroatoms. The van der Waals surface area contributed by atoms with Crippen LogP contribution in [0.1, 0.15) is 19.4 Å². The summed E-state index contributed by atoms with van der Waals surface area (Å²) in [7, 11) is 0. The molecule has 0 fully saturated rings. The normalized spacial score (nSPS) is 13.3. The number of rotatable bonds is 8. The van der Waals surface area contributed by atoms with Crippen molar-refractivity contribution in [3.8, 4) is 11.5 Å². The molecule has 29 heavy (non-hydrogen) atoms. The summed E-state index contributed by atoms with van der Waals surface area (Å²) in [4.78, 5) is 4.00. The molecular formula is C20H24F3N3O3. The number of ether oxygens (including phenoxy) is 2. The Bertz CT molecular complexity index is 809. The number of hydrogen-bond donors (Lipinski definition) is 3. The second-order valence-electron chi connectivity index (χ2n) is 6.53. The minimum atomic E-state index is -4.46. The van der Waals surface area contributed by atoms with Gasteiger partial charge in [0.05, 0.1) is 18.2 Å². The SMILES string of the molecule is CC(C)Oc1ccc(NC(N)=NCC(O)COc2cccc(C(F)(F)F)c2)cc1. The molecule has 0 amide bonds. The van der Waals surface area contributed by atoms with E-state index in [1.807, 2.05) is 13.8 Å². The predicted octanol–water partition coefficient (Wildman–Crippen LogP) is 3.66. The third kappa shape index (κ3) is 7.90. The van der Waals surface area contributed by atoms with Crippen molar-refractivity contribution >= 4 is 11.6 Å². The van der Waals surface area contributed by atoms with E-state index in [1.165, 1.54) is 12.1 Å². The van der Waals surface area contributed by atoms with Gasteiger partial charge in [0.15, 0.2) is 5.96 Å². The molecule has 2 aromatic carbocycles. The van der Waals surface area contributed by atoms with Gasteiger partial charge in [-0.2, -0.15) is 13.2 Å². The standard InChI is InChI=1S/C20H24F3N3O3/c1-13(2)29-17-8-6-15(7-9-17)26-19(24)25-11-16(27)12-28-18-5-3-4-14(10-18)20(21,22)23/h3-10,13,16,27H,11-12H2,1-2H3,(H3,24,25,26). The summed E-state index contributed by atoms with van der Waals surface area (Å²) in [6.07, 6.45) is -5.42. The van der Waals surface area contributed by atoms with Crippen LogP contribution < -0.4 is 20.5 Å². The molecule has 0 saturated heterocycles. The Morgan fingerprint density at radius 1 is 1.14 bits per heavy atom. The molecule has 0 saturated carbocycles. The third-order valence-corrected chi connectivity index (χ3v) is 3.57. The Morgan fingerprint density at radius 2 is 1.83 bits per heavy atom. The molecule has 0 aromatic heterocycles. The van der Waals surface area contributed by atoms with Gasteiger partial charge in [-0.1, -0.05) is 6.07 Å². The van der Waals surface area contributed by atoms with E-state index in [2.05, 4.69) is 10.3 Å². The minimum Gasteiger partial charge on any atom is -0.491 e. The third-order valence-electron chi connectivity index (χ3n) is 3.57. The number of guanidine groups is 1. The molecule has 1 unspecified atom stereocenters. The number of hydrogen-bond acceptors (Lipinski definition) is 4. The Kier molecular flexibility index (Phi) is 7.72. The molecule has 2 rings (SSSR count). The van der Waals surface area contributed by atoms with Crippen LogP contribution in [-0.2, 0) is 6.18 Å². The molecular weight excluding hydrogens is 387 g/mol. The summed E-state index contributed by atoms with van der Waals surface area (Å²) >= 11 is 0. The van der Waals surface area contributed by atoms with E-state index in [-0.39, 0.29) is 31.0 Å². The molecule has 0 spiro atoms.